The average molecular weight is 315 g/mol. The third-order valence-corrected chi connectivity index (χ3v) is 4.27. The Kier molecular flexibility index (Phi) is 4.27. The van der Waals surface area contributed by atoms with Gasteiger partial charge in [-0.2, -0.15) is 0 Å². The summed E-state index contributed by atoms with van der Waals surface area (Å²) in [6.45, 7) is 0.0205. The molecule has 0 atom stereocenters. The molecule has 0 radical (unpaired) electrons. The van der Waals surface area contributed by atoms with Gasteiger partial charge in [-0.05, 0) is 35.9 Å². The van der Waals surface area contributed by atoms with Crippen molar-refractivity contribution >= 4 is 27.3 Å². The SMILES string of the molecule is Nc1ccc(S(=O)(=O)NCc2cccc(Cl)c2)c(F)c1. The minimum atomic E-state index is -3.94. The molecule has 0 aliphatic heterocycles. The summed E-state index contributed by atoms with van der Waals surface area (Å²) >= 11 is 5.80. The fourth-order valence-corrected chi connectivity index (χ4v) is 2.93. The summed E-state index contributed by atoms with van der Waals surface area (Å²) in [5.74, 6) is -0.886. The first kappa shape index (κ1) is 14.8. The van der Waals surface area contributed by atoms with Crippen LogP contribution in [0, 0.1) is 5.82 Å². The van der Waals surface area contributed by atoms with E-state index in [2.05, 4.69) is 4.72 Å². The Morgan fingerprint density at radius 3 is 2.60 bits per heavy atom. The first-order valence-electron chi connectivity index (χ1n) is 5.67. The number of rotatable bonds is 4. The summed E-state index contributed by atoms with van der Waals surface area (Å²) < 4.78 is 39.9. The van der Waals surface area contributed by atoms with Crippen molar-refractivity contribution in [3.63, 3.8) is 0 Å². The molecule has 0 aromatic heterocycles. The number of nitrogens with two attached hydrogens (primary N) is 1. The Labute approximate surface area is 121 Å². The van der Waals surface area contributed by atoms with Gasteiger partial charge in [0.25, 0.3) is 0 Å². The number of nitrogens with one attached hydrogen (secondary N) is 1. The van der Waals surface area contributed by atoms with Crippen molar-refractivity contribution in [2.24, 2.45) is 0 Å². The molecule has 7 heteroatoms. The molecule has 0 unspecified atom stereocenters. The molecule has 0 heterocycles. The third-order valence-electron chi connectivity index (χ3n) is 2.60. The predicted octanol–water partition coefficient (Wildman–Crippen LogP) is 2.54. The zero-order chi connectivity index (χ0) is 14.8. The number of hydrogen-bond donors (Lipinski definition) is 2. The zero-order valence-corrected chi connectivity index (χ0v) is 11.9. The fraction of sp³-hybridized carbons (Fsp3) is 0.0769. The lowest BCUT2D eigenvalue weighted by Crippen LogP contribution is -2.24. The van der Waals surface area contributed by atoms with Crippen LogP contribution in [0.2, 0.25) is 5.02 Å². The molecule has 2 rings (SSSR count). The van der Waals surface area contributed by atoms with E-state index in [0.29, 0.717) is 10.6 Å². The highest BCUT2D eigenvalue weighted by molar-refractivity contribution is 7.89. The summed E-state index contributed by atoms with van der Waals surface area (Å²) in [4.78, 5) is -0.436. The molecule has 0 spiro atoms. The van der Waals surface area contributed by atoms with E-state index in [4.69, 9.17) is 17.3 Å². The molecule has 3 N–H and O–H groups in total. The zero-order valence-electron chi connectivity index (χ0n) is 10.3. The van der Waals surface area contributed by atoms with Crippen LogP contribution in [0.5, 0.6) is 0 Å². The molecule has 20 heavy (non-hydrogen) atoms. The van der Waals surface area contributed by atoms with Crippen molar-refractivity contribution < 1.29 is 12.8 Å². The van der Waals surface area contributed by atoms with Gasteiger partial charge in [0.15, 0.2) is 0 Å². The van der Waals surface area contributed by atoms with Crippen LogP contribution >= 0.6 is 11.6 Å². The maximum atomic E-state index is 13.6. The van der Waals surface area contributed by atoms with E-state index >= 15 is 0 Å². The topological polar surface area (TPSA) is 72.2 Å². The standard InChI is InChI=1S/C13H12ClFN2O2S/c14-10-3-1-2-9(6-10)8-17-20(18,19)13-5-4-11(16)7-12(13)15/h1-7,17H,8,16H2. The van der Waals surface area contributed by atoms with Crippen LogP contribution in [-0.4, -0.2) is 8.42 Å². The van der Waals surface area contributed by atoms with Gasteiger partial charge < -0.3 is 5.73 Å². The summed E-state index contributed by atoms with van der Waals surface area (Å²) in [6, 6.07) is 10.2. The number of nitrogen functional groups attached to an aromatic ring is 1. The lowest BCUT2D eigenvalue weighted by molar-refractivity contribution is 0.557. The third kappa shape index (κ3) is 3.47. The van der Waals surface area contributed by atoms with E-state index < -0.39 is 20.7 Å². The van der Waals surface area contributed by atoms with Crippen LogP contribution in [0.4, 0.5) is 10.1 Å². The van der Waals surface area contributed by atoms with Crippen molar-refractivity contribution in [2.45, 2.75) is 11.4 Å². The molecule has 106 valence electrons. The second-order valence-corrected chi connectivity index (χ2v) is 6.32. The first-order chi connectivity index (χ1) is 9.38. The molecule has 0 saturated heterocycles. The molecular weight excluding hydrogens is 303 g/mol. The highest BCUT2D eigenvalue weighted by Crippen LogP contribution is 2.18. The lowest BCUT2D eigenvalue weighted by atomic mass is 10.2. The largest absolute Gasteiger partial charge is 0.399 e. The van der Waals surface area contributed by atoms with E-state index in [-0.39, 0.29) is 12.2 Å². The Morgan fingerprint density at radius 2 is 1.95 bits per heavy atom. The van der Waals surface area contributed by atoms with Crippen molar-refractivity contribution in [1.29, 1.82) is 0 Å². The molecule has 2 aromatic rings. The lowest BCUT2D eigenvalue weighted by Gasteiger charge is -2.08. The monoisotopic (exact) mass is 314 g/mol. The van der Waals surface area contributed by atoms with Gasteiger partial charge in [0.1, 0.15) is 10.7 Å². The van der Waals surface area contributed by atoms with Gasteiger partial charge in [-0.1, -0.05) is 23.7 Å². The number of benzene rings is 2. The molecule has 0 saturated carbocycles. The molecule has 0 aliphatic carbocycles. The Bertz CT molecular complexity index is 735. The van der Waals surface area contributed by atoms with Gasteiger partial charge in [-0.3, -0.25) is 0 Å². The van der Waals surface area contributed by atoms with Gasteiger partial charge in [-0.15, -0.1) is 0 Å². The van der Waals surface area contributed by atoms with Gasteiger partial charge in [0, 0.05) is 17.3 Å². The van der Waals surface area contributed by atoms with E-state index in [1.54, 1.807) is 24.3 Å². The maximum Gasteiger partial charge on any atom is 0.243 e. The van der Waals surface area contributed by atoms with Crippen LogP contribution in [0.3, 0.4) is 0 Å². The minimum Gasteiger partial charge on any atom is -0.399 e. The summed E-state index contributed by atoms with van der Waals surface area (Å²) in [5, 5.41) is 0.500. The second-order valence-electron chi connectivity index (χ2n) is 4.14. The predicted molar refractivity (Wildman–Crippen MR) is 76.3 cm³/mol. The Hall–Kier alpha value is -1.63. The van der Waals surface area contributed by atoms with E-state index in [0.717, 1.165) is 12.1 Å². The van der Waals surface area contributed by atoms with Crippen LogP contribution in [0.15, 0.2) is 47.4 Å². The number of hydrogen-bond acceptors (Lipinski definition) is 3. The molecule has 4 nitrogen and oxygen atoms in total. The van der Waals surface area contributed by atoms with Gasteiger partial charge >= 0.3 is 0 Å². The molecule has 0 bridgehead atoms. The second kappa shape index (κ2) is 5.78. The van der Waals surface area contributed by atoms with Crippen LogP contribution in [-0.2, 0) is 16.6 Å². The van der Waals surface area contributed by atoms with Crippen molar-refractivity contribution in [3.8, 4) is 0 Å². The number of sulfonamides is 1. The summed E-state index contributed by atoms with van der Waals surface area (Å²) in [6.07, 6.45) is 0. The Balaban J connectivity index is 2.19. The highest BCUT2D eigenvalue weighted by atomic mass is 35.5. The van der Waals surface area contributed by atoms with Crippen molar-refractivity contribution in [2.75, 3.05) is 5.73 Å². The van der Waals surface area contributed by atoms with E-state index in [1.807, 2.05) is 0 Å². The van der Waals surface area contributed by atoms with Crippen molar-refractivity contribution in [1.82, 2.24) is 4.72 Å². The maximum absolute atomic E-state index is 13.6. The molecule has 0 aliphatic rings. The minimum absolute atomic E-state index is 0.0205. The molecule has 0 fully saturated rings. The van der Waals surface area contributed by atoms with Crippen molar-refractivity contribution in [3.05, 3.63) is 58.9 Å². The molecule has 0 amide bonds. The average Bonchev–Trinajstić information content (AvgIpc) is 2.36. The van der Waals surface area contributed by atoms with Crippen LogP contribution < -0.4 is 10.5 Å². The first-order valence-corrected chi connectivity index (χ1v) is 7.54. The highest BCUT2D eigenvalue weighted by Gasteiger charge is 2.18. The van der Waals surface area contributed by atoms with Gasteiger partial charge in [0.05, 0.1) is 0 Å². The normalized spacial score (nSPS) is 11.5. The smallest absolute Gasteiger partial charge is 0.243 e. The number of anilines is 1. The van der Waals surface area contributed by atoms with E-state index in [9.17, 15) is 12.8 Å². The van der Waals surface area contributed by atoms with Crippen LogP contribution in [0.25, 0.3) is 0 Å². The Morgan fingerprint density at radius 1 is 1.20 bits per heavy atom. The molecular formula is C13H12ClFN2O2S. The number of halogens is 2. The van der Waals surface area contributed by atoms with Gasteiger partial charge in [-0.25, -0.2) is 17.5 Å². The van der Waals surface area contributed by atoms with Gasteiger partial charge in [0.2, 0.25) is 10.0 Å². The van der Waals surface area contributed by atoms with E-state index in [1.165, 1.54) is 6.07 Å². The summed E-state index contributed by atoms with van der Waals surface area (Å²) in [7, 11) is -3.94. The van der Waals surface area contributed by atoms with Crippen LogP contribution in [0.1, 0.15) is 5.56 Å². The quantitative estimate of drug-likeness (QED) is 0.852. The summed E-state index contributed by atoms with van der Waals surface area (Å²) in [5.41, 5.74) is 6.22. The molecule has 2 aromatic carbocycles. The fourth-order valence-electron chi connectivity index (χ4n) is 1.64.